The maximum absolute atomic E-state index is 11.6. The zero-order valence-electron chi connectivity index (χ0n) is 7.94. The van der Waals surface area contributed by atoms with Gasteiger partial charge in [0.15, 0.2) is 0 Å². The van der Waals surface area contributed by atoms with Gasteiger partial charge in [-0.3, -0.25) is 0 Å². The summed E-state index contributed by atoms with van der Waals surface area (Å²) in [6, 6.07) is -0.0102. The minimum Gasteiger partial charge on any atom is -0.395 e. The third kappa shape index (κ3) is 2.86. The van der Waals surface area contributed by atoms with Gasteiger partial charge in [-0.05, 0) is 0 Å². The van der Waals surface area contributed by atoms with E-state index in [1.54, 1.807) is 11.9 Å². The molecule has 0 aromatic carbocycles. The third-order valence-corrected chi connectivity index (χ3v) is 2.09. The second-order valence-electron chi connectivity index (χ2n) is 3.09. The largest absolute Gasteiger partial charge is 0.395 e. The van der Waals surface area contributed by atoms with Crippen LogP contribution < -0.4 is 5.32 Å². The monoisotopic (exact) mass is 186 g/mol. The molecule has 0 aromatic rings. The standard InChI is InChI=1S/C8H16N3O2/c1-10(6-7-12)8(13)11-4-2-9-3-5-11/h12H,2-7H2,1H3. The average molecular weight is 186 g/mol. The van der Waals surface area contributed by atoms with E-state index in [0.717, 1.165) is 13.1 Å². The van der Waals surface area contributed by atoms with Crippen LogP contribution in [0.25, 0.3) is 0 Å². The molecule has 1 N–H and O–H groups in total. The number of rotatable bonds is 2. The Labute approximate surface area is 78.3 Å². The summed E-state index contributed by atoms with van der Waals surface area (Å²) in [6.07, 6.45) is 0. The van der Waals surface area contributed by atoms with E-state index in [2.05, 4.69) is 5.32 Å². The minimum absolute atomic E-state index is 0.0102. The van der Waals surface area contributed by atoms with Crippen molar-refractivity contribution in [1.82, 2.24) is 15.1 Å². The predicted molar refractivity (Wildman–Crippen MR) is 48.6 cm³/mol. The fraction of sp³-hybridized carbons (Fsp3) is 0.875. The number of carbonyl (C=O) groups excluding carboxylic acids is 1. The van der Waals surface area contributed by atoms with E-state index >= 15 is 0 Å². The molecule has 1 heterocycles. The van der Waals surface area contributed by atoms with Crippen molar-refractivity contribution in [3.63, 3.8) is 0 Å². The van der Waals surface area contributed by atoms with E-state index in [1.165, 1.54) is 4.90 Å². The number of carbonyl (C=O) groups is 1. The van der Waals surface area contributed by atoms with E-state index in [9.17, 15) is 4.79 Å². The van der Waals surface area contributed by atoms with E-state index in [1.807, 2.05) is 0 Å². The van der Waals surface area contributed by atoms with Gasteiger partial charge in [-0.2, -0.15) is 0 Å². The number of nitrogens with zero attached hydrogens (tertiary/aromatic N) is 3. The maximum atomic E-state index is 11.6. The van der Waals surface area contributed by atoms with Gasteiger partial charge in [-0.1, -0.05) is 0 Å². The lowest BCUT2D eigenvalue weighted by atomic mass is 10.4. The number of amides is 2. The molecule has 5 heteroatoms. The van der Waals surface area contributed by atoms with Crippen molar-refractivity contribution in [2.45, 2.75) is 0 Å². The fourth-order valence-electron chi connectivity index (χ4n) is 1.28. The van der Waals surface area contributed by atoms with E-state index in [0.29, 0.717) is 19.6 Å². The summed E-state index contributed by atoms with van der Waals surface area (Å²) >= 11 is 0. The summed E-state index contributed by atoms with van der Waals surface area (Å²) in [7, 11) is 1.70. The second-order valence-corrected chi connectivity index (χ2v) is 3.09. The Kier molecular flexibility index (Phi) is 3.98. The number of piperazine rings is 1. The van der Waals surface area contributed by atoms with Gasteiger partial charge < -0.3 is 14.9 Å². The highest BCUT2D eigenvalue weighted by molar-refractivity contribution is 5.74. The van der Waals surface area contributed by atoms with E-state index < -0.39 is 0 Å². The van der Waals surface area contributed by atoms with Crippen molar-refractivity contribution in [2.24, 2.45) is 0 Å². The molecule has 5 nitrogen and oxygen atoms in total. The van der Waals surface area contributed by atoms with Crippen molar-refractivity contribution >= 4 is 6.03 Å². The molecule has 0 spiro atoms. The molecule has 0 saturated carbocycles. The van der Waals surface area contributed by atoms with Gasteiger partial charge in [-0.15, -0.1) is 0 Å². The molecular formula is C8H16N3O2. The van der Waals surface area contributed by atoms with Crippen molar-refractivity contribution in [3.8, 4) is 0 Å². The van der Waals surface area contributed by atoms with Gasteiger partial charge >= 0.3 is 6.03 Å². The molecule has 0 bridgehead atoms. The summed E-state index contributed by atoms with van der Waals surface area (Å²) in [6.45, 7) is 3.29. The van der Waals surface area contributed by atoms with Crippen LogP contribution in [-0.2, 0) is 0 Å². The van der Waals surface area contributed by atoms with Crippen LogP contribution in [0, 0.1) is 0 Å². The Morgan fingerprint density at radius 3 is 2.69 bits per heavy atom. The summed E-state index contributed by atoms with van der Waals surface area (Å²) in [5, 5.41) is 12.8. The SMILES string of the molecule is CN(CCO)C(=O)N1CC[N]CC1. The molecule has 1 fully saturated rings. The molecule has 0 aliphatic carbocycles. The summed E-state index contributed by atoms with van der Waals surface area (Å²) < 4.78 is 0. The van der Waals surface area contributed by atoms with Gasteiger partial charge in [0.2, 0.25) is 0 Å². The lowest BCUT2D eigenvalue weighted by Gasteiger charge is -2.30. The first-order valence-corrected chi connectivity index (χ1v) is 4.50. The van der Waals surface area contributed by atoms with Gasteiger partial charge in [0, 0.05) is 39.8 Å². The number of urea groups is 1. The van der Waals surface area contributed by atoms with Crippen LogP contribution in [0.4, 0.5) is 4.79 Å². The Balaban J connectivity index is 2.36. The van der Waals surface area contributed by atoms with Gasteiger partial charge in [0.25, 0.3) is 0 Å². The molecule has 0 atom stereocenters. The smallest absolute Gasteiger partial charge is 0.319 e. The molecule has 1 aliphatic rings. The van der Waals surface area contributed by atoms with Crippen LogP contribution in [0.3, 0.4) is 0 Å². The number of hydrogen-bond donors (Lipinski definition) is 1. The second kappa shape index (κ2) is 5.04. The Hall–Kier alpha value is -0.810. The highest BCUT2D eigenvalue weighted by Crippen LogP contribution is 1.98. The van der Waals surface area contributed by atoms with Gasteiger partial charge in [0.05, 0.1) is 6.61 Å². The minimum atomic E-state index is -0.0102. The van der Waals surface area contributed by atoms with Crippen molar-refractivity contribution < 1.29 is 9.90 Å². The lowest BCUT2D eigenvalue weighted by Crippen LogP contribution is -2.49. The molecule has 0 unspecified atom stereocenters. The first-order chi connectivity index (χ1) is 6.25. The van der Waals surface area contributed by atoms with E-state index in [4.69, 9.17) is 5.11 Å². The van der Waals surface area contributed by atoms with Crippen LogP contribution in [-0.4, -0.2) is 67.3 Å². The Morgan fingerprint density at radius 1 is 1.54 bits per heavy atom. The first kappa shape index (κ1) is 10.3. The number of likely N-dealkylation sites (N-methyl/N-ethyl adjacent to an activating group) is 1. The molecule has 1 radical (unpaired) electrons. The Bertz CT molecular complexity index is 169. The molecule has 1 rings (SSSR count). The molecule has 75 valence electrons. The summed E-state index contributed by atoms with van der Waals surface area (Å²) in [4.78, 5) is 14.9. The van der Waals surface area contributed by atoms with Gasteiger partial charge in [0.1, 0.15) is 0 Å². The summed E-state index contributed by atoms with van der Waals surface area (Å²) in [5.74, 6) is 0. The topological polar surface area (TPSA) is 57.9 Å². The maximum Gasteiger partial charge on any atom is 0.319 e. The van der Waals surface area contributed by atoms with Crippen LogP contribution in [0.2, 0.25) is 0 Å². The average Bonchev–Trinajstić information content (AvgIpc) is 2.18. The zero-order valence-corrected chi connectivity index (χ0v) is 7.94. The third-order valence-electron chi connectivity index (χ3n) is 2.09. The van der Waals surface area contributed by atoms with Crippen LogP contribution >= 0.6 is 0 Å². The highest BCUT2D eigenvalue weighted by Gasteiger charge is 2.19. The van der Waals surface area contributed by atoms with Gasteiger partial charge in [-0.25, -0.2) is 10.1 Å². The molecule has 0 aromatic heterocycles. The molecule has 1 saturated heterocycles. The van der Waals surface area contributed by atoms with Crippen LogP contribution in [0.1, 0.15) is 0 Å². The van der Waals surface area contributed by atoms with Crippen LogP contribution in [0.15, 0.2) is 0 Å². The van der Waals surface area contributed by atoms with Crippen LogP contribution in [0.5, 0.6) is 0 Å². The zero-order chi connectivity index (χ0) is 9.68. The molecule has 13 heavy (non-hydrogen) atoms. The predicted octanol–water partition coefficient (Wildman–Crippen LogP) is -1.05. The van der Waals surface area contributed by atoms with Crippen molar-refractivity contribution in [1.29, 1.82) is 0 Å². The van der Waals surface area contributed by atoms with Crippen molar-refractivity contribution in [2.75, 3.05) is 46.4 Å². The highest BCUT2D eigenvalue weighted by atomic mass is 16.3. The summed E-state index contributed by atoms with van der Waals surface area (Å²) in [5.41, 5.74) is 0. The lowest BCUT2D eigenvalue weighted by molar-refractivity contribution is 0.145. The van der Waals surface area contributed by atoms with E-state index in [-0.39, 0.29) is 12.6 Å². The molecule has 2 amide bonds. The van der Waals surface area contributed by atoms with Crippen molar-refractivity contribution in [3.05, 3.63) is 0 Å². The quantitative estimate of drug-likeness (QED) is 0.598. The Morgan fingerprint density at radius 2 is 2.15 bits per heavy atom. The molecule has 1 aliphatic heterocycles. The number of aliphatic hydroxyl groups excluding tert-OH is 1. The normalized spacial score (nSPS) is 17.2. The number of aliphatic hydroxyl groups is 1. The molecular weight excluding hydrogens is 170 g/mol. The first-order valence-electron chi connectivity index (χ1n) is 4.50. The number of hydrogen-bond acceptors (Lipinski definition) is 2. The fourth-order valence-corrected chi connectivity index (χ4v) is 1.28.